The predicted octanol–water partition coefficient (Wildman–Crippen LogP) is 0.969. The topological polar surface area (TPSA) is 84.2 Å². The van der Waals surface area contributed by atoms with Gasteiger partial charge in [0.05, 0.1) is 0 Å². The van der Waals surface area contributed by atoms with Gasteiger partial charge in [0.1, 0.15) is 0 Å². The maximum absolute atomic E-state index is 11.3. The quantitative estimate of drug-likeness (QED) is 0.662. The summed E-state index contributed by atoms with van der Waals surface area (Å²) in [6.07, 6.45) is 0. The zero-order chi connectivity index (χ0) is 12.0. The Morgan fingerprint density at radius 2 is 2.12 bits per heavy atom. The number of amides is 2. The molecule has 1 aromatic carbocycles. The summed E-state index contributed by atoms with van der Waals surface area (Å²) in [6.45, 7) is 2.28. The van der Waals surface area contributed by atoms with Gasteiger partial charge in [0.15, 0.2) is 5.78 Å². The summed E-state index contributed by atoms with van der Waals surface area (Å²) in [5.41, 5.74) is 6.40. The van der Waals surface area contributed by atoms with E-state index in [0.717, 1.165) is 0 Å². The first-order valence-corrected chi connectivity index (χ1v) is 4.99. The van der Waals surface area contributed by atoms with E-state index in [1.54, 1.807) is 24.3 Å². The average molecular weight is 221 g/mol. The number of ketones is 1. The van der Waals surface area contributed by atoms with Gasteiger partial charge in [0.25, 0.3) is 0 Å². The van der Waals surface area contributed by atoms with Gasteiger partial charge >= 0.3 is 6.03 Å². The third-order valence-electron chi connectivity index (χ3n) is 1.96. The van der Waals surface area contributed by atoms with E-state index in [0.29, 0.717) is 24.3 Å². The van der Waals surface area contributed by atoms with Gasteiger partial charge in [-0.2, -0.15) is 0 Å². The van der Waals surface area contributed by atoms with Crippen molar-refractivity contribution in [3.63, 3.8) is 0 Å². The Hall–Kier alpha value is -1.88. The Kier molecular flexibility index (Phi) is 4.47. The molecule has 0 aliphatic rings. The molecule has 0 atom stereocenters. The van der Waals surface area contributed by atoms with Crippen molar-refractivity contribution < 1.29 is 9.59 Å². The minimum atomic E-state index is -0.328. The van der Waals surface area contributed by atoms with Crippen molar-refractivity contribution in [2.24, 2.45) is 5.73 Å². The fourth-order valence-electron chi connectivity index (χ4n) is 1.18. The second-order valence-corrected chi connectivity index (χ2v) is 3.31. The van der Waals surface area contributed by atoms with Gasteiger partial charge in [-0.15, -0.1) is 0 Å². The predicted molar refractivity (Wildman–Crippen MR) is 62.5 cm³/mol. The highest BCUT2D eigenvalue weighted by Crippen LogP contribution is 2.10. The number of hydrogen-bond donors (Lipinski definition) is 3. The van der Waals surface area contributed by atoms with Crippen LogP contribution in [0.3, 0.4) is 0 Å². The Bertz CT molecular complexity index is 391. The molecule has 0 aliphatic heterocycles. The second kappa shape index (κ2) is 5.87. The molecular formula is C11H15N3O2. The lowest BCUT2D eigenvalue weighted by molar-refractivity contribution is 0.101. The number of nitrogens with one attached hydrogen (secondary N) is 2. The van der Waals surface area contributed by atoms with Crippen molar-refractivity contribution in [2.45, 2.75) is 6.92 Å². The summed E-state index contributed by atoms with van der Waals surface area (Å²) in [7, 11) is 0. The second-order valence-electron chi connectivity index (χ2n) is 3.31. The monoisotopic (exact) mass is 221 g/mol. The molecule has 0 fully saturated rings. The van der Waals surface area contributed by atoms with Crippen LogP contribution >= 0.6 is 0 Å². The molecule has 1 rings (SSSR count). The van der Waals surface area contributed by atoms with Gasteiger partial charge in [-0.3, -0.25) is 4.79 Å². The number of Topliss-reactive ketones (excluding diaryl/α,β-unsaturated/α-hetero) is 1. The van der Waals surface area contributed by atoms with Crippen molar-refractivity contribution in [3.8, 4) is 0 Å². The summed E-state index contributed by atoms with van der Waals surface area (Å²) in [4.78, 5) is 22.4. The maximum atomic E-state index is 11.3. The van der Waals surface area contributed by atoms with E-state index < -0.39 is 0 Å². The van der Waals surface area contributed by atoms with Crippen LogP contribution in [0.5, 0.6) is 0 Å². The van der Waals surface area contributed by atoms with Crippen LogP contribution < -0.4 is 16.4 Å². The average Bonchev–Trinajstić information content (AvgIpc) is 2.26. The molecule has 0 radical (unpaired) electrons. The highest BCUT2D eigenvalue weighted by atomic mass is 16.2. The Balaban J connectivity index is 2.63. The Labute approximate surface area is 94.0 Å². The van der Waals surface area contributed by atoms with E-state index in [-0.39, 0.29) is 11.8 Å². The van der Waals surface area contributed by atoms with E-state index in [9.17, 15) is 9.59 Å². The van der Waals surface area contributed by atoms with Crippen LogP contribution in [-0.4, -0.2) is 24.9 Å². The van der Waals surface area contributed by atoms with Crippen LogP contribution in [0, 0.1) is 0 Å². The van der Waals surface area contributed by atoms with Crippen molar-refractivity contribution in [3.05, 3.63) is 29.8 Å². The first kappa shape index (κ1) is 12.2. The zero-order valence-corrected chi connectivity index (χ0v) is 9.12. The summed E-state index contributed by atoms with van der Waals surface area (Å²) in [6, 6.07) is 6.44. The number of carbonyl (C=O) groups is 2. The molecule has 0 heterocycles. The maximum Gasteiger partial charge on any atom is 0.319 e. The van der Waals surface area contributed by atoms with E-state index in [1.807, 2.05) is 0 Å². The number of nitrogens with two attached hydrogens (primary N) is 1. The molecule has 0 spiro atoms. The zero-order valence-electron chi connectivity index (χ0n) is 9.12. The number of benzene rings is 1. The lowest BCUT2D eigenvalue weighted by Gasteiger charge is -2.07. The minimum absolute atomic E-state index is 0.0361. The van der Waals surface area contributed by atoms with E-state index in [2.05, 4.69) is 10.6 Å². The third kappa shape index (κ3) is 3.70. The molecule has 0 saturated carbocycles. The molecule has 0 unspecified atom stereocenters. The molecule has 86 valence electrons. The molecule has 16 heavy (non-hydrogen) atoms. The molecule has 4 N–H and O–H groups in total. The summed E-state index contributed by atoms with van der Waals surface area (Å²) in [5, 5.41) is 5.18. The molecular weight excluding hydrogens is 206 g/mol. The largest absolute Gasteiger partial charge is 0.337 e. The number of hydrogen-bond acceptors (Lipinski definition) is 3. The van der Waals surface area contributed by atoms with Gasteiger partial charge in [-0.1, -0.05) is 12.1 Å². The number of urea groups is 1. The summed E-state index contributed by atoms with van der Waals surface area (Å²) in [5.74, 6) is -0.0361. The van der Waals surface area contributed by atoms with Crippen molar-refractivity contribution in [1.82, 2.24) is 5.32 Å². The molecule has 2 amide bonds. The van der Waals surface area contributed by atoms with Gasteiger partial charge in [-0.05, 0) is 19.1 Å². The minimum Gasteiger partial charge on any atom is -0.337 e. The molecule has 0 bridgehead atoms. The van der Waals surface area contributed by atoms with E-state index in [1.165, 1.54) is 6.92 Å². The molecule has 0 aliphatic carbocycles. The standard InChI is InChI=1S/C11H15N3O2/c1-8(15)9-3-2-4-10(7-9)14-11(16)13-6-5-12/h2-4,7H,5-6,12H2,1H3,(H2,13,14,16). The van der Waals surface area contributed by atoms with Crippen LogP contribution in [0.2, 0.25) is 0 Å². The van der Waals surface area contributed by atoms with Gasteiger partial charge in [0, 0.05) is 24.3 Å². The fourth-order valence-corrected chi connectivity index (χ4v) is 1.18. The molecule has 0 aromatic heterocycles. The van der Waals surface area contributed by atoms with Crippen molar-refractivity contribution in [2.75, 3.05) is 18.4 Å². The van der Waals surface area contributed by atoms with Crippen molar-refractivity contribution in [1.29, 1.82) is 0 Å². The SMILES string of the molecule is CC(=O)c1cccc(NC(=O)NCCN)c1. The Morgan fingerprint density at radius 3 is 2.75 bits per heavy atom. The Morgan fingerprint density at radius 1 is 1.38 bits per heavy atom. The first-order valence-electron chi connectivity index (χ1n) is 4.99. The van der Waals surface area contributed by atoms with Crippen molar-refractivity contribution >= 4 is 17.5 Å². The fraction of sp³-hybridized carbons (Fsp3) is 0.273. The lowest BCUT2D eigenvalue weighted by Crippen LogP contribution is -2.32. The highest BCUT2D eigenvalue weighted by molar-refractivity contribution is 5.96. The van der Waals surface area contributed by atoms with Crippen LogP contribution in [-0.2, 0) is 0 Å². The number of anilines is 1. The molecule has 1 aromatic rings. The van der Waals surface area contributed by atoms with Crippen LogP contribution in [0.4, 0.5) is 10.5 Å². The van der Waals surface area contributed by atoms with Gasteiger partial charge < -0.3 is 16.4 Å². The molecule has 0 saturated heterocycles. The smallest absolute Gasteiger partial charge is 0.319 e. The van der Waals surface area contributed by atoms with Crippen LogP contribution in [0.1, 0.15) is 17.3 Å². The summed E-state index contributed by atoms with van der Waals surface area (Å²) < 4.78 is 0. The van der Waals surface area contributed by atoms with E-state index >= 15 is 0 Å². The van der Waals surface area contributed by atoms with Gasteiger partial charge in [-0.25, -0.2) is 4.79 Å². The molecule has 5 heteroatoms. The van der Waals surface area contributed by atoms with Gasteiger partial charge in [0.2, 0.25) is 0 Å². The van der Waals surface area contributed by atoms with E-state index in [4.69, 9.17) is 5.73 Å². The van der Waals surface area contributed by atoms with Crippen LogP contribution in [0.25, 0.3) is 0 Å². The number of rotatable bonds is 4. The lowest BCUT2D eigenvalue weighted by atomic mass is 10.1. The van der Waals surface area contributed by atoms with Crippen LogP contribution in [0.15, 0.2) is 24.3 Å². The third-order valence-corrected chi connectivity index (χ3v) is 1.96. The molecule has 5 nitrogen and oxygen atoms in total. The first-order chi connectivity index (χ1) is 7.63. The number of carbonyl (C=O) groups excluding carboxylic acids is 2. The summed E-state index contributed by atoms with van der Waals surface area (Å²) >= 11 is 0. The highest BCUT2D eigenvalue weighted by Gasteiger charge is 2.03. The normalized spacial score (nSPS) is 9.62.